The number of carbonyl (C=O) groups excluding carboxylic acids is 1. The highest BCUT2D eigenvalue weighted by atomic mass is 16.5. The molecule has 19 heavy (non-hydrogen) atoms. The lowest BCUT2D eigenvalue weighted by molar-refractivity contribution is -0.127. The zero-order chi connectivity index (χ0) is 14.3. The van der Waals surface area contributed by atoms with E-state index in [1.54, 1.807) is 32.0 Å². The van der Waals surface area contributed by atoms with Gasteiger partial charge in [-0.25, -0.2) is 0 Å². The van der Waals surface area contributed by atoms with Crippen molar-refractivity contribution in [1.29, 1.82) is 0 Å². The molecule has 1 aromatic rings. The van der Waals surface area contributed by atoms with Crippen LogP contribution in [0.5, 0.6) is 5.75 Å². The fourth-order valence-corrected chi connectivity index (χ4v) is 1.56. The zero-order valence-corrected chi connectivity index (χ0v) is 11.5. The Morgan fingerprint density at radius 1 is 1.47 bits per heavy atom. The maximum Gasteiger partial charge on any atom is 0.260 e. The molecule has 2 N–H and O–H groups in total. The Bertz CT molecular complexity index is 458. The summed E-state index contributed by atoms with van der Waals surface area (Å²) in [5.74, 6) is 0.368. The summed E-state index contributed by atoms with van der Waals surface area (Å²) in [4.78, 5) is 11.7. The van der Waals surface area contributed by atoms with Crippen molar-refractivity contribution in [2.45, 2.75) is 33.3 Å². The number of hydrogen-bond acceptors (Lipinski definition) is 4. The quantitative estimate of drug-likeness (QED) is 0.470. The lowest BCUT2D eigenvalue weighted by Gasteiger charge is -2.16. The van der Waals surface area contributed by atoms with Gasteiger partial charge in [-0.1, -0.05) is 24.2 Å². The van der Waals surface area contributed by atoms with Gasteiger partial charge in [-0.15, -0.1) is 0 Å². The standard InChI is InChI=1S/C14H20N2O3/c1-4-9-15-14(17)11(3)19-13-8-6-5-7-12(13)10(2)16-18/h5-8,11,18H,4,9H2,1-3H3,(H,15,17)/b16-10+. The smallest absolute Gasteiger partial charge is 0.260 e. The first-order chi connectivity index (χ1) is 9.10. The molecular formula is C14H20N2O3. The van der Waals surface area contributed by atoms with Gasteiger partial charge in [0.1, 0.15) is 5.75 Å². The molecule has 1 rings (SSSR count). The van der Waals surface area contributed by atoms with E-state index in [-0.39, 0.29) is 5.91 Å². The molecule has 104 valence electrons. The first-order valence-corrected chi connectivity index (χ1v) is 6.32. The van der Waals surface area contributed by atoms with Gasteiger partial charge in [0.25, 0.3) is 5.91 Å². The van der Waals surface area contributed by atoms with E-state index in [4.69, 9.17) is 9.94 Å². The average molecular weight is 264 g/mol. The van der Waals surface area contributed by atoms with Gasteiger partial charge in [-0.3, -0.25) is 4.79 Å². The van der Waals surface area contributed by atoms with Gasteiger partial charge < -0.3 is 15.3 Å². The van der Waals surface area contributed by atoms with Gasteiger partial charge in [0.15, 0.2) is 6.10 Å². The maximum absolute atomic E-state index is 11.7. The maximum atomic E-state index is 11.7. The predicted molar refractivity (Wildman–Crippen MR) is 73.8 cm³/mol. The van der Waals surface area contributed by atoms with Crippen LogP contribution in [0.15, 0.2) is 29.4 Å². The molecule has 5 heteroatoms. The molecule has 0 aliphatic carbocycles. The van der Waals surface area contributed by atoms with E-state index in [9.17, 15) is 4.79 Å². The first kappa shape index (κ1) is 15.0. The summed E-state index contributed by atoms with van der Waals surface area (Å²) in [6.45, 7) is 5.98. The largest absolute Gasteiger partial charge is 0.480 e. The Balaban J connectivity index is 2.79. The van der Waals surface area contributed by atoms with Crippen LogP contribution >= 0.6 is 0 Å². The summed E-state index contributed by atoms with van der Waals surface area (Å²) >= 11 is 0. The van der Waals surface area contributed by atoms with E-state index in [0.29, 0.717) is 23.6 Å². The minimum Gasteiger partial charge on any atom is -0.480 e. The van der Waals surface area contributed by atoms with Crippen molar-refractivity contribution in [3.05, 3.63) is 29.8 Å². The van der Waals surface area contributed by atoms with Gasteiger partial charge >= 0.3 is 0 Å². The van der Waals surface area contributed by atoms with Crippen LogP contribution in [0.3, 0.4) is 0 Å². The molecule has 0 aliphatic heterocycles. The molecular weight excluding hydrogens is 244 g/mol. The lowest BCUT2D eigenvalue weighted by atomic mass is 10.1. The van der Waals surface area contributed by atoms with Crippen LogP contribution in [0.25, 0.3) is 0 Å². The highest BCUT2D eigenvalue weighted by Gasteiger charge is 2.16. The molecule has 1 unspecified atom stereocenters. The third-order valence-corrected chi connectivity index (χ3v) is 2.65. The minimum atomic E-state index is -0.598. The first-order valence-electron chi connectivity index (χ1n) is 6.32. The molecule has 1 amide bonds. The molecule has 0 aromatic heterocycles. The molecule has 1 aromatic carbocycles. The monoisotopic (exact) mass is 264 g/mol. The Morgan fingerprint density at radius 2 is 2.16 bits per heavy atom. The molecule has 0 saturated heterocycles. The van der Waals surface area contributed by atoms with Crippen LogP contribution in [0.1, 0.15) is 32.8 Å². The molecule has 1 atom stereocenters. The second kappa shape index (κ2) is 7.41. The lowest BCUT2D eigenvalue weighted by Crippen LogP contribution is -2.36. The van der Waals surface area contributed by atoms with Crippen LogP contribution in [0.4, 0.5) is 0 Å². The van der Waals surface area contributed by atoms with Crippen LogP contribution in [0.2, 0.25) is 0 Å². The van der Waals surface area contributed by atoms with Crippen molar-refractivity contribution in [3.8, 4) is 5.75 Å². The summed E-state index contributed by atoms with van der Waals surface area (Å²) in [6, 6.07) is 7.15. The molecule has 0 aliphatic rings. The summed E-state index contributed by atoms with van der Waals surface area (Å²) in [7, 11) is 0. The molecule has 0 saturated carbocycles. The highest BCUT2D eigenvalue weighted by Crippen LogP contribution is 2.20. The Morgan fingerprint density at radius 3 is 2.79 bits per heavy atom. The SMILES string of the molecule is CCCNC(=O)C(C)Oc1ccccc1/C(C)=N/O. The summed E-state index contributed by atoms with van der Waals surface area (Å²) in [5, 5.41) is 14.8. The van der Waals surface area contributed by atoms with Crippen LogP contribution in [0, 0.1) is 0 Å². The van der Waals surface area contributed by atoms with Crippen molar-refractivity contribution in [1.82, 2.24) is 5.32 Å². The number of nitrogens with zero attached hydrogens (tertiary/aromatic N) is 1. The van der Waals surface area contributed by atoms with Gasteiger partial charge in [-0.2, -0.15) is 0 Å². The number of benzene rings is 1. The fourth-order valence-electron chi connectivity index (χ4n) is 1.56. The van der Waals surface area contributed by atoms with Crippen LogP contribution in [-0.2, 0) is 4.79 Å². The fraction of sp³-hybridized carbons (Fsp3) is 0.429. The summed E-state index contributed by atoms with van der Waals surface area (Å²) in [6.07, 6.45) is 0.282. The molecule has 0 spiro atoms. The minimum absolute atomic E-state index is 0.157. The van der Waals surface area contributed by atoms with Crippen LogP contribution < -0.4 is 10.1 Å². The third kappa shape index (κ3) is 4.28. The highest BCUT2D eigenvalue weighted by molar-refractivity contribution is 6.00. The number of carbonyl (C=O) groups is 1. The van der Waals surface area contributed by atoms with Crippen molar-refractivity contribution in [2.24, 2.45) is 5.16 Å². The second-order valence-corrected chi connectivity index (χ2v) is 4.23. The van der Waals surface area contributed by atoms with E-state index >= 15 is 0 Å². The molecule has 0 fully saturated rings. The predicted octanol–water partition coefficient (Wildman–Crippen LogP) is 2.18. The van der Waals surface area contributed by atoms with Gasteiger partial charge in [0, 0.05) is 12.1 Å². The molecule has 0 bridgehead atoms. The number of oxime groups is 1. The summed E-state index contributed by atoms with van der Waals surface area (Å²) < 4.78 is 5.62. The van der Waals surface area contributed by atoms with E-state index in [1.807, 2.05) is 13.0 Å². The second-order valence-electron chi connectivity index (χ2n) is 4.23. The number of hydrogen-bond donors (Lipinski definition) is 2. The summed E-state index contributed by atoms with van der Waals surface area (Å²) in [5.41, 5.74) is 1.11. The van der Waals surface area contributed by atoms with Crippen molar-refractivity contribution in [3.63, 3.8) is 0 Å². The molecule has 5 nitrogen and oxygen atoms in total. The van der Waals surface area contributed by atoms with Gasteiger partial charge in [0.2, 0.25) is 0 Å². The van der Waals surface area contributed by atoms with Gasteiger partial charge in [0.05, 0.1) is 5.71 Å². The van der Waals surface area contributed by atoms with E-state index in [1.165, 1.54) is 0 Å². The Kier molecular flexibility index (Phi) is 5.85. The molecule has 0 radical (unpaired) electrons. The van der Waals surface area contributed by atoms with Crippen LogP contribution in [-0.4, -0.2) is 29.5 Å². The van der Waals surface area contributed by atoms with Crippen molar-refractivity contribution >= 4 is 11.6 Å². The van der Waals surface area contributed by atoms with Crippen molar-refractivity contribution in [2.75, 3.05) is 6.54 Å². The van der Waals surface area contributed by atoms with E-state index in [2.05, 4.69) is 10.5 Å². The Labute approximate surface area is 113 Å². The number of para-hydroxylation sites is 1. The number of ether oxygens (including phenoxy) is 1. The van der Waals surface area contributed by atoms with Crippen molar-refractivity contribution < 1.29 is 14.7 Å². The van der Waals surface area contributed by atoms with E-state index in [0.717, 1.165) is 6.42 Å². The molecule has 0 heterocycles. The number of nitrogens with one attached hydrogen (secondary N) is 1. The zero-order valence-electron chi connectivity index (χ0n) is 11.5. The van der Waals surface area contributed by atoms with Gasteiger partial charge in [-0.05, 0) is 32.4 Å². The Hall–Kier alpha value is -2.04. The average Bonchev–Trinajstić information content (AvgIpc) is 2.44. The third-order valence-electron chi connectivity index (χ3n) is 2.65. The normalized spacial score (nSPS) is 12.9. The number of rotatable bonds is 6. The van der Waals surface area contributed by atoms with E-state index < -0.39 is 6.10 Å². The topological polar surface area (TPSA) is 70.9 Å². The number of amides is 1.